The number of hydrogen-bond donors (Lipinski definition) is 0. The highest BCUT2D eigenvalue weighted by molar-refractivity contribution is 7.64. The van der Waals surface area contributed by atoms with Crippen LogP contribution in [0.5, 0.6) is 0 Å². The van der Waals surface area contributed by atoms with Crippen molar-refractivity contribution in [1.29, 1.82) is 5.26 Å². The monoisotopic (exact) mass is 369 g/mol. The van der Waals surface area contributed by atoms with Crippen molar-refractivity contribution >= 4 is 39.2 Å². The first kappa shape index (κ1) is 21.6. The third kappa shape index (κ3) is 20.6. The number of halogens is 3. The van der Waals surface area contributed by atoms with Crippen molar-refractivity contribution < 1.29 is 0 Å². The molecule has 0 saturated heterocycles. The largest absolute Gasteiger partial charge is 0.341 e. The molecule has 0 heterocycles. The first-order chi connectivity index (χ1) is 10.1. The van der Waals surface area contributed by atoms with E-state index in [-0.39, 0.29) is 0 Å². The van der Waals surface area contributed by atoms with Gasteiger partial charge in [-0.05, 0) is 12.5 Å². The highest BCUT2D eigenvalue weighted by atomic mass is 35.8. The summed E-state index contributed by atoms with van der Waals surface area (Å²) in [6.07, 6.45) is 17.4. The van der Waals surface area contributed by atoms with Crippen molar-refractivity contribution in [1.82, 2.24) is 0 Å². The van der Waals surface area contributed by atoms with E-state index < -0.39 is 6.00 Å². The summed E-state index contributed by atoms with van der Waals surface area (Å²) in [5, 5.41) is 8.43. The Morgan fingerprint density at radius 2 is 0.905 bits per heavy atom. The fourth-order valence-electron chi connectivity index (χ4n) is 2.47. The third-order valence-corrected chi connectivity index (χ3v) is 6.37. The molecule has 0 N–H and O–H groups in total. The summed E-state index contributed by atoms with van der Waals surface area (Å²) in [4.78, 5) is 0. The summed E-state index contributed by atoms with van der Waals surface area (Å²) in [5.74, 6) is 0. The molecule has 5 heteroatoms. The zero-order valence-electron chi connectivity index (χ0n) is 13.2. The Labute approximate surface area is 146 Å². The van der Waals surface area contributed by atoms with Gasteiger partial charge in [-0.15, -0.1) is 33.2 Å². The molecule has 0 spiro atoms. The van der Waals surface area contributed by atoms with Crippen LogP contribution in [0, 0.1) is 11.3 Å². The molecule has 0 saturated carbocycles. The summed E-state index contributed by atoms with van der Waals surface area (Å²) < 4.78 is 0. The van der Waals surface area contributed by atoms with E-state index in [2.05, 4.69) is 6.07 Å². The van der Waals surface area contributed by atoms with Crippen LogP contribution in [-0.4, -0.2) is 6.00 Å². The average molecular weight is 371 g/mol. The van der Waals surface area contributed by atoms with Crippen LogP contribution < -0.4 is 0 Å². The minimum atomic E-state index is -2.36. The van der Waals surface area contributed by atoms with Gasteiger partial charge in [0.2, 0.25) is 0 Å². The Balaban J connectivity index is 3.02. The van der Waals surface area contributed by atoms with Crippen LogP contribution in [0.4, 0.5) is 0 Å². The number of unbranched alkanes of at least 4 members (excludes halogenated alkanes) is 13. The van der Waals surface area contributed by atoms with Crippen LogP contribution >= 0.6 is 33.2 Å². The average Bonchev–Trinajstić information content (AvgIpc) is 2.42. The van der Waals surface area contributed by atoms with Gasteiger partial charge in [-0.2, -0.15) is 5.26 Å². The Hall–Kier alpha value is 0.577. The van der Waals surface area contributed by atoms with Crippen LogP contribution in [-0.2, 0) is 0 Å². The first-order valence-corrected chi connectivity index (χ1v) is 13.7. The highest BCUT2D eigenvalue weighted by Crippen LogP contribution is 2.27. The second-order valence-electron chi connectivity index (χ2n) is 5.87. The van der Waals surface area contributed by atoms with E-state index in [9.17, 15) is 0 Å². The number of nitrogens with zero attached hydrogens (tertiary/aromatic N) is 1. The lowest BCUT2D eigenvalue weighted by Gasteiger charge is -2.06. The summed E-state index contributed by atoms with van der Waals surface area (Å²) in [6, 6.07) is 0.651. The normalized spacial score (nSPS) is 11.5. The Kier molecular flexibility index (Phi) is 15.9. The minimum Gasteiger partial charge on any atom is -0.198 e. The van der Waals surface area contributed by atoms with Crippen molar-refractivity contribution in [2.24, 2.45) is 0 Å². The quantitative estimate of drug-likeness (QED) is 0.165. The molecule has 0 aliphatic carbocycles. The van der Waals surface area contributed by atoms with E-state index in [0.29, 0.717) is 0 Å². The lowest BCUT2D eigenvalue weighted by molar-refractivity contribution is 0.540. The van der Waals surface area contributed by atoms with Gasteiger partial charge in [0.15, 0.2) is 0 Å². The van der Waals surface area contributed by atoms with Crippen LogP contribution in [0.15, 0.2) is 0 Å². The Morgan fingerprint density at radius 3 is 1.24 bits per heavy atom. The molecule has 0 aromatic carbocycles. The van der Waals surface area contributed by atoms with Crippen molar-refractivity contribution in [3.63, 3.8) is 0 Å². The van der Waals surface area contributed by atoms with Crippen LogP contribution in [0.1, 0.15) is 89.9 Å². The molecule has 0 fully saturated rings. The molecule has 1 nitrogen and oxygen atoms in total. The van der Waals surface area contributed by atoms with Crippen LogP contribution in [0.25, 0.3) is 0 Å². The van der Waals surface area contributed by atoms with E-state index in [1.807, 2.05) is 0 Å². The standard InChI is InChI=1S/C16H30Cl3NSi/c17-21(18,19)16-14-12-10-8-6-4-2-1-3-5-7-9-11-13-15-20/h1-14,16H2. The smallest absolute Gasteiger partial charge is 0.198 e. The summed E-state index contributed by atoms with van der Waals surface area (Å²) in [7, 11) is 0. The molecule has 0 aromatic rings. The molecule has 0 aromatic heterocycles. The maximum absolute atomic E-state index is 8.43. The lowest BCUT2D eigenvalue weighted by Crippen LogP contribution is -2.07. The maximum Gasteiger partial charge on any atom is 0.341 e. The zero-order valence-corrected chi connectivity index (χ0v) is 16.5. The summed E-state index contributed by atoms with van der Waals surface area (Å²) in [5.41, 5.74) is 0. The molecule has 0 atom stereocenters. The van der Waals surface area contributed by atoms with Crippen molar-refractivity contribution in [3.8, 4) is 6.07 Å². The van der Waals surface area contributed by atoms with Gasteiger partial charge in [-0.25, -0.2) is 0 Å². The molecule has 0 aliphatic rings. The number of hydrogen-bond acceptors (Lipinski definition) is 1. The van der Waals surface area contributed by atoms with E-state index in [1.54, 1.807) is 0 Å². The fourth-order valence-corrected chi connectivity index (χ4v) is 4.33. The molecule has 0 rings (SSSR count). The van der Waals surface area contributed by atoms with E-state index in [1.165, 1.54) is 70.6 Å². The molecule has 0 bridgehead atoms. The number of nitriles is 1. The van der Waals surface area contributed by atoms with Gasteiger partial charge in [0.25, 0.3) is 0 Å². The van der Waals surface area contributed by atoms with Gasteiger partial charge in [0.1, 0.15) is 0 Å². The molecule has 21 heavy (non-hydrogen) atoms. The summed E-state index contributed by atoms with van der Waals surface area (Å²) in [6.45, 7) is 0. The van der Waals surface area contributed by atoms with E-state index in [4.69, 9.17) is 38.5 Å². The molecular weight excluding hydrogens is 341 g/mol. The van der Waals surface area contributed by atoms with Gasteiger partial charge >= 0.3 is 6.00 Å². The van der Waals surface area contributed by atoms with E-state index >= 15 is 0 Å². The molecular formula is C16H30Cl3NSi. The van der Waals surface area contributed by atoms with Crippen molar-refractivity contribution in [3.05, 3.63) is 0 Å². The molecule has 0 radical (unpaired) electrons. The number of rotatable bonds is 15. The predicted molar refractivity (Wildman–Crippen MR) is 98.4 cm³/mol. The van der Waals surface area contributed by atoms with Gasteiger partial charge < -0.3 is 0 Å². The second kappa shape index (κ2) is 15.5. The van der Waals surface area contributed by atoms with Gasteiger partial charge in [-0.1, -0.05) is 77.0 Å². The van der Waals surface area contributed by atoms with Crippen molar-refractivity contribution in [2.45, 2.75) is 95.9 Å². The molecule has 0 amide bonds. The topological polar surface area (TPSA) is 23.8 Å². The molecule has 124 valence electrons. The Bertz CT molecular complexity index is 261. The van der Waals surface area contributed by atoms with Crippen LogP contribution in [0.3, 0.4) is 0 Å². The molecule has 0 unspecified atom stereocenters. The van der Waals surface area contributed by atoms with Gasteiger partial charge in [0, 0.05) is 6.42 Å². The maximum atomic E-state index is 8.43. The SMILES string of the molecule is N#CCCCCCCCCCCCCCCC[Si](Cl)(Cl)Cl. The molecule has 0 aliphatic heterocycles. The minimum absolute atomic E-state index is 0.726. The Morgan fingerprint density at radius 1 is 0.571 bits per heavy atom. The summed E-state index contributed by atoms with van der Waals surface area (Å²) >= 11 is 17.5. The predicted octanol–water partition coefficient (Wildman–Crippen LogP) is 7.63. The van der Waals surface area contributed by atoms with Crippen molar-refractivity contribution in [2.75, 3.05) is 0 Å². The third-order valence-electron chi connectivity index (χ3n) is 3.75. The van der Waals surface area contributed by atoms with Crippen LogP contribution in [0.2, 0.25) is 6.04 Å². The van der Waals surface area contributed by atoms with Gasteiger partial charge in [-0.3, -0.25) is 0 Å². The lowest BCUT2D eigenvalue weighted by atomic mass is 10.0. The zero-order chi connectivity index (χ0) is 15.8. The fraction of sp³-hybridized carbons (Fsp3) is 0.938. The van der Waals surface area contributed by atoms with E-state index in [0.717, 1.165) is 25.3 Å². The highest BCUT2D eigenvalue weighted by Gasteiger charge is 2.23. The second-order valence-corrected chi connectivity index (χ2v) is 15.1. The van der Waals surface area contributed by atoms with Gasteiger partial charge in [0.05, 0.1) is 6.07 Å². The first-order valence-electron chi connectivity index (χ1n) is 8.50.